The van der Waals surface area contributed by atoms with E-state index in [9.17, 15) is 9.59 Å². The number of hydrogen-bond donors (Lipinski definition) is 0. The van der Waals surface area contributed by atoms with Crippen molar-refractivity contribution in [2.24, 2.45) is 5.92 Å². The molecule has 2 aliphatic rings. The first kappa shape index (κ1) is 26.5. The van der Waals surface area contributed by atoms with Crippen molar-refractivity contribution in [1.29, 1.82) is 0 Å². The fourth-order valence-electron chi connectivity index (χ4n) is 5.58. The molecule has 0 bridgehead atoms. The van der Waals surface area contributed by atoms with Gasteiger partial charge in [-0.2, -0.15) is 0 Å². The molecule has 0 aliphatic carbocycles. The van der Waals surface area contributed by atoms with Crippen LogP contribution < -0.4 is 10.5 Å². The molecule has 0 spiro atoms. The Morgan fingerprint density at radius 2 is 1.65 bits per heavy atom. The van der Waals surface area contributed by atoms with E-state index >= 15 is 0 Å². The lowest BCUT2D eigenvalue weighted by atomic mass is 9.90. The Hall–Kier alpha value is -3.75. The van der Waals surface area contributed by atoms with Crippen LogP contribution in [0.3, 0.4) is 0 Å². The summed E-state index contributed by atoms with van der Waals surface area (Å²) in [5, 5.41) is 0. The molecular formula is C32H30N4O2S2. The number of pyridine rings is 1. The van der Waals surface area contributed by atoms with E-state index in [0.717, 1.165) is 37.9 Å². The standard InChI is InChI=1S/C32H30N4O2S2/c1-22(25-12-6-3-7-13-25)36-31(38)27(40-32(36)39)21-26-29(33-28-14-8-9-17-35(28)30(26)37)34-18-15-24(16-19-34)20-23-10-4-2-5-11-23/h2-14,17,21-22,24H,15-16,18-20H2,1H3/b27-21-/t22-/m0/s1. The summed E-state index contributed by atoms with van der Waals surface area (Å²) in [6, 6.07) is 25.8. The van der Waals surface area contributed by atoms with Crippen LogP contribution in [-0.4, -0.2) is 37.6 Å². The highest BCUT2D eigenvalue weighted by Gasteiger charge is 2.36. The summed E-state index contributed by atoms with van der Waals surface area (Å²) in [5.41, 5.74) is 3.20. The number of nitrogens with zero attached hydrogens (tertiary/aromatic N) is 4. The van der Waals surface area contributed by atoms with E-state index in [2.05, 4.69) is 29.2 Å². The lowest BCUT2D eigenvalue weighted by Gasteiger charge is -2.33. The van der Waals surface area contributed by atoms with Gasteiger partial charge in [0.05, 0.1) is 16.5 Å². The average molecular weight is 567 g/mol. The maximum atomic E-state index is 13.8. The molecule has 2 saturated heterocycles. The fraction of sp³-hybridized carbons (Fsp3) is 0.250. The highest BCUT2D eigenvalue weighted by atomic mass is 32.2. The van der Waals surface area contributed by atoms with Gasteiger partial charge < -0.3 is 4.90 Å². The highest BCUT2D eigenvalue weighted by molar-refractivity contribution is 8.26. The molecular weight excluding hydrogens is 537 g/mol. The first-order valence-electron chi connectivity index (χ1n) is 13.6. The third kappa shape index (κ3) is 5.21. The molecule has 0 unspecified atom stereocenters. The molecule has 4 heterocycles. The molecule has 40 heavy (non-hydrogen) atoms. The molecule has 2 aliphatic heterocycles. The number of carbonyl (C=O) groups excluding carboxylic acids is 1. The topological polar surface area (TPSA) is 57.9 Å². The Bertz CT molecular complexity index is 1640. The first-order chi connectivity index (χ1) is 19.5. The monoisotopic (exact) mass is 566 g/mol. The summed E-state index contributed by atoms with van der Waals surface area (Å²) >= 11 is 6.88. The number of amides is 1. The molecule has 1 amide bonds. The van der Waals surface area contributed by atoms with Crippen molar-refractivity contribution in [3.63, 3.8) is 0 Å². The van der Waals surface area contributed by atoms with Crippen LogP contribution >= 0.6 is 24.0 Å². The van der Waals surface area contributed by atoms with E-state index in [1.54, 1.807) is 21.6 Å². The van der Waals surface area contributed by atoms with E-state index < -0.39 is 0 Å². The van der Waals surface area contributed by atoms with Crippen LogP contribution in [-0.2, 0) is 11.2 Å². The van der Waals surface area contributed by atoms with Crippen LogP contribution in [0.1, 0.15) is 42.5 Å². The van der Waals surface area contributed by atoms with Crippen LogP contribution in [0.25, 0.3) is 11.7 Å². The predicted octanol–water partition coefficient (Wildman–Crippen LogP) is 6.12. The van der Waals surface area contributed by atoms with Crippen molar-refractivity contribution in [2.45, 2.75) is 32.2 Å². The minimum atomic E-state index is -0.210. The van der Waals surface area contributed by atoms with Gasteiger partial charge in [0, 0.05) is 19.3 Å². The van der Waals surface area contributed by atoms with Crippen LogP contribution in [0, 0.1) is 5.92 Å². The maximum absolute atomic E-state index is 13.8. The largest absolute Gasteiger partial charge is 0.356 e. The number of benzene rings is 2. The minimum absolute atomic E-state index is 0.184. The Morgan fingerprint density at radius 3 is 2.38 bits per heavy atom. The molecule has 2 aromatic carbocycles. The van der Waals surface area contributed by atoms with E-state index in [4.69, 9.17) is 17.2 Å². The predicted molar refractivity (Wildman–Crippen MR) is 166 cm³/mol. The molecule has 0 radical (unpaired) electrons. The van der Waals surface area contributed by atoms with Gasteiger partial charge in [0.1, 0.15) is 15.8 Å². The Kier molecular flexibility index (Phi) is 7.54. The van der Waals surface area contributed by atoms with Crippen LogP contribution in [0.15, 0.2) is 94.8 Å². The van der Waals surface area contributed by atoms with Crippen molar-refractivity contribution in [2.75, 3.05) is 18.0 Å². The van der Waals surface area contributed by atoms with Crippen LogP contribution in [0.5, 0.6) is 0 Å². The third-order valence-corrected chi connectivity index (χ3v) is 9.13. The Balaban J connectivity index is 1.32. The molecule has 2 aromatic heterocycles. The van der Waals surface area contributed by atoms with Gasteiger partial charge in [-0.3, -0.25) is 18.9 Å². The van der Waals surface area contributed by atoms with Gasteiger partial charge in [-0.05, 0) is 61.4 Å². The van der Waals surface area contributed by atoms with Crippen LogP contribution in [0.4, 0.5) is 5.82 Å². The Morgan fingerprint density at radius 1 is 0.975 bits per heavy atom. The summed E-state index contributed by atoms with van der Waals surface area (Å²) in [6.07, 6.45) is 6.51. The lowest BCUT2D eigenvalue weighted by molar-refractivity contribution is -0.123. The molecule has 2 fully saturated rings. The van der Waals surface area contributed by atoms with Gasteiger partial charge in [0.2, 0.25) is 0 Å². The maximum Gasteiger partial charge on any atom is 0.267 e. The zero-order valence-electron chi connectivity index (χ0n) is 22.3. The molecule has 4 aromatic rings. The normalized spacial score (nSPS) is 18.2. The highest BCUT2D eigenvalue weighted by Crippen LogP contribution is 2.38. The SMILES string of the molecule is C[C@@H](c1ccccc1)N1C(=O)/C(=C/c2c(N3CCC(Cc4ccccc4)CC3)nc3ccccn3c2=O)SC1=S. The van der Waals surface area contributed by atoms with Gasteiger partial charge in [0.25, 0.3) is 11.5 Å². The van der Waals surface area contributed by atoms with Crippen LogP contribution in [0.2, 0.25) is 0 Å². The van der Waals surface area contributed by atoms with Gasteiger partial charge >= 0.3 is 0 Å². The lowest BCUT2D eigenvalue weighted by Crippen LogP contribution is -2.37. The van der Waals surface area contributed by atoms with Gasteiger partial charge in [-0.25, -0.2) is 4.98 Å². The second-order valence-corrected chi connectivity index (χ2v) is 12.0. The van der Waals surface area contributed by atoms with Gasteiger partial charge in [0.15, 0.2) is 0 Å². The molecule has 0 saturated carbocycles. The number of carbonyl (C=O) groups is 1. The molecule has 202 valence electrons. The van der Waals surface area contributed by atoms with Crippen molar-refractivity contribution in [1.82, 2.24) is 14.3 Å². The summed E-state index contributed by atoms with van der Waals surface area (Å²) in [7, 11) is 0. The number of anilines is 1. The zero-order valence-corrected chi connectivity index (χ0v) is 23.9. The minimum Gasteiger partial charge on any atom is -0.356 e. The smallest absolute Gasteiger partial charge is 0.267 e. The number of fused-ring (bicyclic) bond motifs is 1. The van der Waals surface area contributed by atoms with Crippen molar-refractivity contribution in [3.8, 4) is 0 Å². The molecule has 8 heteroatoms. The fourth-order valence-corrected chi connectivity index (χ4v) is 6.98. The van der Waals surface area contributed by atoms with E-state index in [-0.39, 0.29) is 17.5 Å². The number of thiocarbonyl (C=S) groups is 1. The number of rotatable bonds is 6. The summed E-state index contributed by atoms with van der Waals surface area (Å²) in [4.78, 5) is 36.6. The number of thioether (sulfide) groups is 1. The van der Waals surface area contributed by atoms with E-state index in [0.29, 0.717) is 32.2 Å². The number of piperidine rings is 1. The van der Waals surface area contributed by atoms with Gasteiger partial charge in [-0.1, -0.05) is 90.7 Å². The Labute approximate surface area is 243 Å². The third-order valence-electron chi connectivity index (χ3n) is 7.80. The van der Waals surface area contributed by atoms with Gasteiger partial charge in [-0.15, -0.1) is 0 Å². The second kappa shape index (κ2) is 11.4. The molecule has 1 atom stereocenters. The van der Waals surface area contributed by atoms with Crippen molar-refractivity contribution in [3.05, 3.63) is 117 Å². The summed E-state index contributed by atoms with van der Waals surface area (Å²) in [6.45, 7) is 3.58. The summed E-state index contributed by atoms with van der Waals surface area (Å²) < 4.78 is 2.04. The van der Waals surface area contributed by atoms with Crippen molar-refractivity contribution < 1.29 is 4.79 Å². The quantitative estimate of drug-likeness (QED) is 0.207. The molecule has 6 rings (SSSR count). The number of hydrogen-bond acceptors (Lipinski definition) is 6. The molecule has 0 N–H and O–H groups in total. The second-order valence-electron chi connectivity index (χ2n) is 10.3. The molecule has 6 nitrogen and oxygen atoms in total. The van der Waals surface area contributed by atoms with E-state index in [1.807, 2.05) is 61.5 Å². The van der Waals surface area contributed by atoms with Crippen molar-refractivity contribution >= 4 is 51.7 Å². The number of aromatic nitrogens is 2. The average Bonchev–Trinajstić information content (AvgIpc) is 3.27. The zero-order chi connectivity index (χ0) is 27.6. The van der Waals surface area contributed by atoms with E-state index in [1.165, 1.54) is 17.3 Å². The summed E-state index contributed by atoms with van der Waals surface area (Å²) in [5.74, 6) is 1.03. The first-order valence-corrected chi connectivity index (χ1v) is 14.8.